The van der Waals surface area contributed by atoms with Gasteiger partial charge in [-0.15, -0.1) is 0 Å². The van der Waals surface area contributed by atoms with Gasteiger partial charge >= 0.3 is 0 Å². The first-order chi connectivity index (χ1) is 9.57. The molecule has 0 aliphatic carbocycles. The molecule has 0 saturated heterocycles. The first-order valence-corrected chi connectivity index (χ1v) is 7.90. The maximum Gasteiger partial charge on any atom is 0.0807 e. The molecule has 0 aliphatic rings. The number of rotatable bonds is 9. The highest BCUT2D eigenvalue weighted by Crippen LogP contribution is 2.25. The van der Waals surface area contributed by atoms with Gasteiger partial charge in [-0.3, -0.25) is 4.98 Å². The Balaban J connectivity index is 2.91. The summed E-state index contributed by atoms with van der Waals surface area (Å²) < 4.78 is 6.03. The smallest absolute Gasteiger partial charge is 0.0807 e. The first-order valence-electron chi connectivity index (χ1n) is 7.53. The van der Waals surface area contributed by atoms with Crippen LogP contribution in [0.1, 0.15) is 46.1 Å². The van der Waals surface area contributed by atoms with E-state index in [0.29, 0.717) is 0 Å². The van der Waals surface area contributed by atoms with Crippen molar-refractivity contribution < 1.29 is 4.74 Å². The largest absolute Gasteiger partial charge is 0.374 e. The molecule has 2 unspecified atom stereocenters. The molecule has 0 radical (unpaired) electrons. The van der Waals surface area contributed by atoms with Gasteiger partial charge in [-0.1, -0.05) is 25.4 Å². The van der Waals surface area contributed by atoms with Crippen LogP contribution in [0.5, 0.6) is 0 Å². The third kappa shape index (κ3) is 4.72. The Bertz CT molecular complexity index is 400. The first kappa shape index (κ1) is 17.4. The van der Waals surface area contributed by atoms with Crippen molar-refractivity contribution in [2.75, 3.05) is 13.2 Å². The molecule has 1 rings (SSSR count). The monoisotopic (exact) mass is 298 g/mol. The van der Waals surface area contributed by atoms with Crippen LogP contribution < -0.4 is 5.32 Å². The van der Waals surface area contributed by atoms with E-state index in [4.69, 9.17) is 16.3 Å². The van der Waals surface area contributed by atoms with E-state index < -0.39 is 0 Å². The summed E-state index contributed by atoms with van der Waals surface area (Å²) in [6.45, 7) is 10.3. The zero-order valence-electron chi connectivity index (χ0n) is 13.1. The van der Waals surface area contributed by atoms with Crippen LogP contribution in [0, 0.1) is 0 Å². The topological polar surface area (TPSA) is 34.2 Å². The summed E-state index contributed by atoms with van der Waals surface area (Å²) >= 11 is 6.24. The molecule has 0 bridgehead atoms. The van der Waals surface area contributed by atoms with Crippen molar-refractivity contribution in [3.63, 3.8) is 0 Å². The van der Waals surface area contributed by atoms with E-state index in [9.17, 15) is 0 Å². The van der Waals surface area contributed by atoms with Crippen molar-refractivity contribution in [2.45, 2.75) is 58.6 Å². The molecule has 2 atom stereocenters. The quantitative estimate of drug-likeness (QED) is 0.752. The predicted octanol–water partition coefficient (Wildman–Crippen LogP) is 3.85. The third-order valence-electron chi connectivity index (χ3n) is 3.83. The van der Waals surface area contributed by atoms with Crippen molar-refractivity contribution in [3.8, 4) is 0 Å². The van der Waals surface area contributed by atoms with Crippen LogP contribution in [0.3, 0.4) is 0 Å². The van der Waals surface area contributed by atoms with E-state index in [2.05, 4.69) is 31.1 Å². The van der Waals surface area contributed by atoms with Crippen LogP contribution in [0.15, 0.2) is 18.5 Å². The molecular weight excluding hydrogens is 272 g/mol. The van der Waals surface area contributed by atoms with Crippen molar-refractivity contribution in [1.29, 1.82) is 0 Å². The second-order valence-electron chi connectivity index (χ2n) is 5.28. The van der Waals surface area contributed by atoms with E-state index in [1.807, 2.05) is 13.0 Å². The van der Waals surface area contributed by atoms with E-state index in [-0.39, 0.29) is 11.6 Å². The van der Waals surface area contributed by atoms with Gasteiger partial charge in [0.1, 0.15) is 0 Å². The van der Waals surface area contributed by atoms with E-state index in [0.717, 1.165) is 43.0 Å². The summed E-state index contributed by atoms with van der Waals surface area (Å²) in [5, 5.41) is 4.34. The van der Waals surface area contributed by atoms with Gasteiger partial charge in [-0.2, -0.15) is 0 Å². The fourth-order valence-electron chi connectivity index (χ4n) is 2.39. The molecular formula is C16H27ClN2O. The summed E-state index contributed by atoms with van der Waals surface area (Å²) in [7, 11) is 0. The van der Waals surface area contributed by atoms with Crippen molar-refractivity contribution in [2.24, 2.45) is 0 Å². The molecule has 0 aromatic carbocycles. The zero-order chi connectivity index (χ0) is 15.0. The lowest BCUT2D eigenvalue weighted by atomic mass is 9.88. The minimum atomic E-state index is -0.184. The van der Waals surface area contributed by atoms with Gasteiger partial charge in [-0.05, 0) is 51.3 Å². The fraction of sp³-hybridized carbons (Fsp3) is 0.688. The Labute approximate surface area is 128 Å². The van der Waals surface area contributed by atoms with Crippen LogP contribution in [0.4, 0.5) is 0 Å². The molecule has 20 heavy (non-hydrogen) atoms. The summed E-state index contributed by atoms with van der Waals surface area (Å²) in [4.78, 5) is 4.05. The van der Waals surface area contributed by atoms with Gasteiger partial charge in [0.15, 0.2) is 0 Å². The Morgan fingerprint density at radius 3 is 2.70 bits per heavy atom. The molecule has 0 aliphatic heterocycles. The minimum Gasteiger partial charge on any atom is -0.374 e. The molecule has 1 heterocycles. The number of nitrogens with zero attached hydrogens (tertiary/aromatic N) is 1. The van der Waals surface area contributed by atoms with Gasteiger partial charge in [-0.25, -0.2) is 0 Å². The van der Waals surface area contributed by atoms with E-state index in [1.165, 1.54) is 0 Å². The van der Waals surface area contributed by atoms with Crippen molar-refractivity contribution in [1.82, 2.24) is 10.3 Å². The molecule has 1 aromatic rings. The van der Waals surface area contributed by atoms with Crippen LogP contribution in [0.25, 0.3) is 0 Å². The number of aromatic nitrogens is 1. The van der Waals surface area contributed by atoms with Gasteiger partial charge in [0.2, 0.25) is 0 Å². The average Bonchev–Trinajstić information content (AvgIpc) is 2.45. The second-order valence-corrected chi connectivity index (χ2v) is 5.68. The molecule has 1 aromatic heterocycles. The van der Waals surface area contributed by atoms with E-state index >= 15 is 0 Å². The summed E-state index contributed by atoms with van der Waals surface area (Å²) in [5.74, 6) is 0. The Morgan fingerprint density at radius 1 is 1.40 bits per heavy atom. The molecule has 4 heteroatoms. The number of nitrogens with one attached hydrogen (secondary N) is 1. The molecule has 0 saturated carbocycles. The van der Waals surface area contributed by atoms with Gasteiger partial charge < -0.3 is 10.1 Å². The highest BCUT2D eigenvalue weighted by Gasteiger charge is 2.33. The second kappa shape index (κ2) is 8.60. The fourth-order valence-corrected chi connectivity index (χ4v) is 2.59. The Hall–Kier alpha value is -0.640. The SMILES string of the molecule is CCCNC(Cc1ccncc1Cl)C(C)(CC)OCC. The summed E-state index contributed by atoms with van der Waals surface area (Å²) in [5.41, 5.74) is 0.936. The van der Waals surface area contributed by atoms with Crippen LogP contribution in [-0.4, -0.2) is 29.8 Å². The normalized spacial score (nSPS) is 15.8. The maximum atomic E-state index is 6.24. The predicted molar refractivity (Wildman–Crippen MR) is 85.4 cm³/mol. The summed E-state index contributed by atoms with van der Waals surface area (Å²) in [6.07, 6.45) is 6.42. The van der Waals surface area contributed by atoms with Crippen LogP contribution >= 0.6 is 11.6 Å². The van der Waals surface area contributed by atoms with Crippen molar-refractivity contribution >= 4 is 11.6 Å². The van der Waals surface area contributed by atoms with E-state index in [1.54, 1.807) is 12.4 Å². The number of halogens is 1. The highest BCUT2D eigenvalue weighted by molar-refractivity contribution is 6.31. The van der Waals surface area contributed by atoms with Crippen LogP contribution in [0.2, 0.25) is 5.02 Å². The molecule has 0 fully saturated rings. The Kier molecular flexibility index (Phi) is 7.49. The lowest BCUT2D eigenvalue weighted by Crippen LogP contribution is -2.52. The standard InChI is InChI=1S/C16H27ClN2O/c1-5-9-19-15(16(4,6-2)20-7-3)11-13-8-10-18-12-14(13)17/h8,10,12,15,19H,5-7,9,11H2,1-4H3. The number of ether oxygens (including phenoxy) is 1. The maximum absolute atomic E-state index is 6.24. The number of hydrogen-bond donors (Lipinski definition) is 1. The lowest BCUT2D eigenvalue weighted by molar-refractivity contribution is -0.0549. The number of hydrogen-bond acceptors (Lipinski definition) is 3. The third-order valence-corrected chi connectivity index (χ3v) is 4.17. The highest BCUT2D eigenvalue weighted by atomic mass is 35.5. The van der Waals surface area contributed by atoms with Crippen LogP contribution in [-0.2, 0) is 11.2 Å². The van der Waals surface area contributed by atoms with Gasteiger partial charge in [0.25, 0.3) is 0 Å². The molecule has 0 amide bonds. The molecule has 114 valence electrons. The lowest BCUT2D eigenvalue weighted by Gasteiger charge is -2.38. The van der Waals surface area contributed by atoms with Gasteiger partial charge in [0, 0.05) is 25.0 Å². The minimum absolute atomic E-state index is 0.184. The zero-order valence-corrected chi connectivity index (χ0v) is 13.8. The van der Waals surface area contributed by atoms with Crippen molar-refractivity contribution in [3.05, 3.63) is 29.0 Å². The Morgan fingerprint density at radius 2 is 2.15 bits per heavy atom. The number of pyridine rings is 1. The molecule has 1 N–H and O–H groups in total. The summed E-state index contributed by atoms with van der Waals surface area (Å²) in [6, 6.07) is 2.23. The molecule has 0 spiro atoms. The van der Waals surface area contributed by atoms with Gasteiger partial charge in [0.05, 0.1) is 10.6 Å². The molecule has 3 nitrogen and oxygen atoms in total. The average molecular weight is 299 g/mol.